The molecule has 0 aromatic rings. The summed E-state index contributed by atoms with van der Waals surface area (Å²) in [5, 5.41) is 0. The van der Waals surface area contributed by atoms with Gasteiger partial charge < -0.3 is 14.8 Å². The summed E-state index contributed by atoms with van der Waals surface area (Å²) in [6, 6.07) is 0. The molecule has 0 fully saturated rings. The minimum absolute atomic E-state index is 0.327. The Morgan fingerprint density at radius 1 is 1.18 bits per heavy atom. The Hall–Kier alpha value is -0.900. The van der Waals surface area contributed by atoms with E-state index in [0.29, 0.717) is 5.96 Å². The SMILES string of the molecule is NC(N)=[NH+]CCCCCCC[NH3+].O=S(=O)([O-])[OH2+]. The predicted octanol–water partition coefficient (Wildman–Crippen LogP) is -4.30. The van der Waals surface area contributed by atoms with Gasteiger partial charge in [-0.1, -0.05) is 12.8 Å². The summed E-state index contributed by atoms with van der Waals surface area (Å²) in [5.41, 5.74) is 14.3. The maximum atomic E-state index is 8.74. The first kappa shape index (κ1) is 18.5. The number of hydrogen-bond donors (Lipinski definition) is 4. The second-order valence-electron chi connectivity index (χ2n) is 3.46. The van der Waals surface area contributed by atoms with Crippen molar-refractivity contribution in [1.29, 1.82) is 0 Å². The second kappa shape index (κ2) is 11.6. The molecule has 0 rings (SSSR count). The third kappa shape index (κ3) is 39.5. The maximum Gasteiger partial charge on any atom is 0.341 e. The normalized spacial score (nSPS) is 10.3. The lowest BCUT2D eigenvalue weighted by Crippen LogP contribution is -2.78. The molecule has 0 amide bonds. The molecule has 10 N–H and O–H groups in total. The van der Waals surface area contributed by atoms with Gasteiger partial charge in [-0.3, -0.25) is 16.5 Å². The highest BCUT2D eigenvalue weighted by molar-refractivity contribution is 7.79. The van der Waals surface area contributed by atoms with Gasteiger partial charge in [0.2, 0.25) is 0 Å². The van der Waals surface area contributed by atoms with Gasteiger partial charge in [0.1, 0.15) is 0 Å². The average molecular weight is 272 g/mol. The van der Waals surface area contributed by atoms with Gasteiger partial charge in [0.05, 0.1) is 13.1 Å². The molecule has 8 nitrogen and oxygen atoms in total. The molecule has 0 aliphatic carbocycles. The van der Waals surface area contributed by atoms with E-state index < -0.39 is 10.4 Å². The van der Waals surface area contributed by atoms with Crippen molar-refractivity contribution in [2.45, 2.75) is 32.1 Å². The average Bonchev–Trinajstić information content (AvgIpc) is 2.13. The maximum absolute atomic E-state index is 8.74. The lowest BCUT2D eigenvalue weighted by Gasteiger charge is -1.96. The lowest BCUT2D eigenvalue weighted by molar-refractivity contribution is -0.459. The van der Waals surface area contributed by atoms with Crippen molar-refractivity contribution in [3.8, 4) is 0 Å². The van der Waals surface area contributed by atoms with Crippen LogP contribution >= 0.6 is 0 Å². The van der Waals surface area contributed by atoms with Gasteiger partial charge in [-0.05, 0) is 19.3 Å². The van der Waals surface area contributed by atoms with Crippen LogP contribution in [0.15, 0.2) is 0 Å². The molecule has 17 heavy (non-hydrogen) atoms. The number of nitrogens with one attached hydrogen (secondary N) is 1. The van der Waals surface area contributed by atoms with Crippen LogP contribution in [0.3, 0.4) is 0 Å². The fourth-order valence-electron chi connectivity index (χ4n) is 1.06. The van der Waals surface area contributed by atoms with Crippen LogP contribution in [0.25, 0.3) is 0 Å². The zero-order valence-corrected chi connectivity index (χ0v) is 10.8. The predicted molar refractivity (Wildman–Crippen MR) is 63.4 cm³/mol. The van der Waals surface area contributed by atoms with Crippen molar-refractivity contribution in [3.63, 3.8) is 0 Å². The molecular formula is C8H24N4O4S+2. The minimum atomic E-state index is -4.67. The minimum Gasteiger partial charge on any atom is -0.683 e. The molecule has 104 valence electrons. The highest BCUT2D eigenvalue weighted by Crippen LogP contribution is 1.99. The van der Waals surface area contributed by atoms with Crippen LogP contribution in [0.5, 0.6) is 0 Å². The summed E-state index contributed by atoms with van der Waals surface area (Å²) in [6.45, 7) is 1.95. The number of rotatable bonds is 7. The standard InChI is InChI=1S/C8H20N4.H2O4S/c9-6-4-2-1-3-5-7-12-8(10)11;1-5(2,3)4/h1-7,9H2,(H4,10,11,12);(H2,1,2,3,4)/p+2. The number of quaternary nitrogens is 1. The van der Waals surface area contributed by atoms with E-state index in [2.05, 4.69) is 10.7 Å². The first-order valence-corrected chi connectivity index (χ1v) is 6.79. The molecule has 0 unspecified atom stereocenters. The molecule has 0 heterocycles. The van der Waals surface area contributed by atoms with Crippen LogP contribution in [0.2, 0.25) is 0 Å². The van der Waals surface area contributed by atoms with Crippen LogP contribution < -0.4 is 22.2 Å². The van der Waals surface area contributed by atoms with Crippen molar-refractivity contribution in [3.05, 3.63) is 0 Å². The molecule has 0 aliphatic rings. The van der Waals surface area contributed by atoms with Crippen LogP contribution in [-0.4, -0.2) is 36.6 Å². The van der Waals surface area contributed by atoms with E-state index in [1.165, 1.54) is 25.7 Å². The molecule has 0 atom stereocenters. The molecule has 0 aromatic carbocycles. The van der Waals surface area contributed by atoms with Gasteiger partial charge in [-0.25, -0.2) is 0 Å². The van der Waals surface area contributed by atoms with Crippen molar-refractivity contribution < 1.29 is 28.2 Å². The topological polar surface area (TPSA) is 174 Å². The summed E-state index contributed by atoms with van der Waals surface area (Å²) < 4.78 is 31.6. The number of hydrogen-bond acceptors (Lipinski definition) is 3. The third-order valence-electron chi connectivity index (χ3n) is 1.76. The summed E-state index contributed by atoms with van der Waals surface area (Å²) in [7, 11) is -4.67. The zero-order chi connectivity index (χ0) is 13.7. The molecule has 0 bridgehead atoms. The van der Waals surface area contributed by atoms with Gasteiger partial charge in [0.15, 0.2) is 0 Å². The number of guanidine groups is 1. The second-order valence-corrected chi connectivity index (χ2v) is 4.37. The van der Waals surface area contributed by atoms with E-state index >= 15 is 0 Å². The van der Waals surface area contributed by atoms with Crippen LogP contribution in [0.1, 0.15) is 32.1 Å². The molecule has 0 saturated carbocycles. The molecular weight excluding hydrogens is 248 g/mol. The van der Waals surface area contributed by atoms with Crippen molar-refractivity contribution in [2.75, 3.05) is 13.1 Å². The van der Waals surface area contributed by atoms with Crippen molar-refractivity contribution in [2.24, 2.45) is 11.5 Å². The van der Waals surface area contributed by atoms with Crippen LogP contribution in [0, 0.1) is 0 Å². The monoisotopic (exact) mass is 272 g/mol. The van der Waals surface area contributed by atoms with E-state index in [-0.39, 0.29) is 0 Å². The van der Waals surface area contributed by atoms with Gasteiger partial charge >= 0.3 is 16.4 Å². The third-order valence-corrected chi connectivity index (χ3v) is 1.76. The summed E-state index contributed by atoms with van der Waals surface area (Å²) >= 11 is 0. The van der Waals surface area contributed by atoms with E-state index in [1.54, 1.807) is 0 Å². The molecule has 0 saturated heterocycles. The first-order chi connectivity index (χ1) is 7.77. The first-order valence-electron chi connectivity index (χ1n) is 5.39. The largest absolute Gasteiger partial charge is 0.683 e. The van der Waals surface area contributed by atoms with E-state index in [0.717, 1.165) is 19.5 Å². The summed E-state index contributed by atoms with van der Waals surface area (Å²) in [6.07, 6.45) is 6.24. The Morgan fingerprint density at radius 3 is 2.00 bits per heavy atom. The lowest BCUT2D eigenvalue weighted by atomic mass is 10.1. The smallest absolute Gasteiger partial charge is 0.341 e. The Balaban J connectivity index is 0. The fraction of sp³-hybridized carbons (Fsp3) is 0.875. The Morgan fingerprint density at radius 2 is 1.59 bits per heavy atom. The highest BCUT2D eigenvalue weighted by atomic mass is 32.3. The van der Waals surface area contributed by atoms with Crippen LogP contribution in [-0.2, 0) is 10.4 Å². The molecule has 0 aromatic heterocycles. The fourth-order valence-corrected chi connectivity index (χ4v) is 1.06. The van der Waals surface area contributed by atoms with E-state index in [1.807, 2.05) is 0 Å². The zero-order valence-electron chi connectivity index (χ0n) is 9.94. The Labute approximate surface area is 102 Å². The highest BCUT2D eigenvalue weighted by Gasteiger charge is 1.90. The van der Waals surface area contributed by atoms with E-state index in [9.17, 15) is 0 Å². The summed E-state index contributed by atoms with van der Waals surface area (Å²) in [4.78, 5) is 2.90. The molecule has 9 heteroatoms. The van der Waals surface area contributed by atoms with Crippen molar-refractivity contribution >= 4 is 16.4 Å². The molecule has 0 spiro atoms. The van der Waals surface area contributed by atoms with Gasteiger partial charge in [-0.2, -0.15) is 8.42 Å². The molecule has 0 radical (unpaired) electrons. The number of unbranched alkanes of at least 4 members (excludes halogenated alkanes) is 4. The number of nitrogens with two attached hydrogens (primary N) is 2. The van der Waals surface area contributed by atoms with Gasteiger partial charge in [-0.15, -0.1) is 0 Å². The summed E-state index contributed by atoms with van der Waals surface area (Å²) in [5.74, 6) is 0.327. The Bertz CT molecular complexity index is 280. The van der Waals surface area contributed by atoms with Gasteiger partial charge in [0.25, 0.3) is 0 Å². The Kier molecular flexibility index (Phi) is 12.6. The quantitative estimate of drug-likeness (QED) is 0.0914. The molecule has 0 aliphatic heterocycles. The van der Waals surface area contributed by atoms with E-state index in [4.69, 9.17) is 29.0 Å². The van der Waals surface area contributed by atoms with Crippen LogP contribution in [0.4, 0.5) is 0 Å². The van der Waals surface area contributed by atoms with Crippen molar-refractivity contribution in [1.82, 2.24) is 0 Å². The van der Waals surface area contributed by atoms with Gasteiger partial charge in [0, 0.05) is 0 Å².